The van der Waals surface area contributed by atoms with E-state index in [0.717, 1.165) is 6.07 Å². The Hall–Kier alpha value is -3.85. The normalized spacial score (nSPS) is 11.8. The monoisotopic (exact) mass is 428 g/mol. The van der Waals surface area contributed by atoms with Gasteiger partial charge in [-0.25, -0.2) is 4.79 Å². The number of hydrogen-bond donors (Lipinski definition) is 2. The minimum Gasteiger partial charge on any atom is -0.502 e. The summed E-state index contributed by atoms with van der Waals surface area (Å²) in [4.78, 5) is 35.2. The maximum atomic E-state index is 12.2. The number of carboxylic acid groups (broad SMARTS) is 1. The zero-order valence-corrected chi connectivity index (χ0v) is 16.8. The van der Waals surface area contributed by atoms with Gasteiger partial charge in [-0.1, -0.05) is 12.1 Å². The fourth-order valence-corrected chi connectivity index (χ4v) is 3.05. The molecular formula is C22H20O9. The molecule has 0 fully saturated rings. The van der Waals surface area contributed by atoms with Crippen LogP contribution >= 0.6 is 0 Å². The molecule has 9 nitrogen and oxygen atoms in total. The molecule has 0 unspecified atom stereocenters. The minimum absolute atomic E-state index is 0.00715. The Labute approximate surface area is 176 Å². The first kappa shape index (κ1) is 21.8. The van der Waals surface area contributed by atoms with Gasteiger partial charge in [0.2, 0.25) is 11.2 Å². The summed E-state index contributed by atoms with van der Waals surface area (Å²) < 4.78 is 21.2. The molecule has 2 aromatic heterocycles. The highest BCUT2D eigenvalue weighted by Gasteiger charge is 2.29. The molecule has 0 radical (unpaired) electrons. The van der Waals surface area contributed by atoms with Crippen molar-refractivity contribution in [1.82, 2.24) is 0 Å². The number of furan rings is 1. The summed E-state index contributed by atoms with van der Waals surface area (Å²) in [5.74, 6) is -2.56. The summed E-state index contributed by atoms with van der Waals surface area (Å²) in [7, 11) is 2.64. The zero-order chi connectivity index (χ0) is 22.5. The minimum atomic E-state index is -1.05. The lowest BCUT2D eigenvalue weighted by Gasteiger charge is -2.15. The smallest absolute Gasteiger partial charge is 0.335 e. The predicted octanol–water partition coefficient (Wildman–Crippen LogP) is 3.15. The summed E-state index contributed by atoms with van der Waals surface area (Å²) in [6.45, 7) is -0.00715. The Morgan fingerprint density at radius 2 is 1.77 bits per heavy atom. The number of esters is 1. The maximum absolute atomic E-state index is 12.2. The standard InChI is InChI=1S/C22H20O9/c1-28-11-14-9-16(23)20(25)21(30-14)15(10-19(24)29-2)18-8-7-17(31-18)12-3-5-13(6-4-12)22(26)27/h3-9,15,25H,10-11H2,1-2H3,(H,26,27)/t15-/m1/s1. The summed E-state index contributed by atoms with van der Waals surface area (Å²) in [5, 5.41) is 19.3. The van der Waals surface area contributed by atoms with E-state index < -0.39 is 29.0 Å². The number of ether oxygens (including phenoxy) is 2. The Morgan fingerprint density at radius 1 is 1.06 bits per heavy atom. The number of carboxylic acids is 1. The summed E-state index contributed by atoms with van der Waals surface area (Å²) in [5.41, 5.74) is 0.0480. The van der Waals surface area contributed by atoms with Crippen molar-refractivity contribution in [2.75, 3.05) is 14.2 Å². The topological polar surface area (TPSA) is 136 Å². The van der Waals surface area contributed by atoms with E-state index in [1.807, 2.05) is 0 Å². The molecule has 0 aliphatic rings. The molecule has 0 amide bonds. The lowest BCUT2D eigenvalue weighted by molar-refractivity contribution is -0.141. The van der Waals surface area contributed by atoms with Crippen molar-refractivity contribution in [3.63, 3.8) is 0 Å². The van der Waals surface area contributed by atoms with E-state index in [2.05, 4.69) is 0 Å². The van der Waals surface area contributed by atoms with Crippen LogP contribution in [0.5, 0.6) is 5.75 Å². The molecule has 1 atom stereocenters. The van der Waals surface area contributed by atoms with Crippen LogP contribution in [0.2, 0.25) is 0 Å². The van der Waals surface area contributed by atoms with Gasteiger partial charge in [-0.05, 0) is 24.3 Å². The molecule has 31 heavy (non-hydrogen) atoms. The molecule has 2 N–H and O–H groups in total. The van der Waals surface area contributed by atoms with E-state index >= 15 is 0 Å². The summed E-state index contributed by atoms with van der Waals surface area (Å²) in [6, 6.07) is 10.3. The van der Waals surface area contributed by atoms with Gasteiger partial charge >= 0.3 is 11.9 Å². The van der Waals surface area contributed by atoms with Crippen LogP contribution in [0.15, 0.2) is 56.1 Å². The lowest BCUT2D eigenvalue weighted by Crippen LogP contribution is -2.13. The highest BCUT2D eigenvalue weighted by molar-refractivity contribution is 5.88. The highest BCUT2D eigenvalue weighted by Crippen LogP contribution is 2.36. The quantitative estimate of drug-likeness (QED) is 0.518. The lowest BCUT2D eigenvalue weighted by atomic mass is 9.98. The Morgan fingerprint density at radius 3 is 2.39 bits per heavy atom. The number of aromatic carboxylic acids is 1. The first-order valence-electron chi connectivity index (χ1n) is 9.19. The van der Waals surface area contributed by atoms with Gasteiger partial charge in [-0.2, -0.15) is 0 Å². The number of benzene rings is 1. The van der Waals surface area contributed by atoms with E-state index in [1.165, 1.54) is 26.4 Å². The average molecular weight is 428 g/mol. The Balaban J connectivity index is 2.04. The van der Waals surface area contributed by atoms with Gasteiger partial charge in [0.1, 0.15) is 23.9 Å². The highest BCUT2D eigenvalue weighted by atomic mass is 16.5. The van der Waals surface area contributed by atoms with Gasteiger partial charge in [-0.15, -0.1) is 0 Å². The van der Waals surface area contributed by atoms with Gasteiger partial charge in [0.05, 0.1) is 25.0 Å². The van der Waals surface area contributed by atoms with Crippen LogP contribution < -0.4 is 5.43 Å². The molecule has 0 aliphatic heterocycles. The average Bonchev–Trinajstić information content (AvgIpc) is 3.24. The first-order valence-corrected chi connectivity index (χ1v) is 9.19. The van der Waals surface area contributed by atoms with Crippen LogP contribution in [0.1, 0.15) is 40.0 Å². The molecule has 0 saturated heterocycles. The molecule has 0 bridgehead atoms. The number of rotatable bonds is 8. The summed E-state index contributed by atoms with van der Waals surface area (Å²) in [6.07, 6.45) is -0.256. The van der Waals surface area contributed by atoms with Crippen molar-refractivity contribution >= 4 is 11.9 Å². The van der Waals surface area contributed by atoms with E-state index in [-0.39, 0.29) is 35.9 Å². The van der Waals surface area contributed by atoms with Gasteiger partial charge in [-0.3, -0.25) is 9.59 Å². The predicted molar refractivity (Wildman–Crippen MR) is 107 cm³/mol. The van der Waals surface area contributed by atoms with E-state index in [4.69, 9.17) is 23.4 Å². The van der Waals surface area contributed by atoms with Crippen LogP contribution in [-0.4, -0.2) is 36.4 Å². The second kappa shape index (κ2) is 9.31. The number of carbonyl (C=O) groups is 2. The zero-order valence-electron chi connectivity index (χ0n) is 16.8. The Bertz CT molecular complexity index is 1140. The van der Waals surface area contributed by atoms with Gasteiger partial charge in [0.25, 0.3) is 0 Å². The van der Waals surface area contributed by atoms with Crippen molar-refractivity contribution in [2.45, 2.75) is 18.9 Å². The van der Waals surface area contributed by atoms with E-state index in [1.54, 1.807) is 24.3 Å². The van der Waals surface area contributed by atoms with Crippen LogP contribution in [-0.2, 0) is 20.9 Å². The van der Waals surface area contributed by atoms with E-state index in [0.29, 0.717) is 11.3 Å². The van der Waals surface area contributed by atoms with Gasteiger partial charge < -0.3 is 28.5 Å². The molecule has 3 aromatic rings. The third-order valence-electron chi connectivity index (χ3n) is 4.59. The molecule has 9 heteroatoms. The third kappa shape index (κ3) is 4.84. The Kier molecular flexibility index (Phi) is 6.56. The van der Waals surface area contributed by atoms with Crippen LogP contribution in [0.25, 0.3) is 11.3 Å². The molecule has 0 spiro atoms. The molecule has 0 aliphatic carbocycles. The van der Waals surface area contributed by atoms with Crippen molar-refractivity contribution in [3.05, 3.63) is 75.5 Å². The van der Waals surface area contributed by atoms with Crippen molar-refractivity contribution in [1.29, 1.82) is 0 Å². The molecule has 1 aromatic carbocycles. The number of hydrogen-bond acceptors (Lipinski definition) is 8. The summed E-state index contributed by atoms with van der Waals surface area (Å²) >= 11 is 0. The molecule has 162 valence electrons. The second-order valence-electron chi connectivity index (χ2n) is 6.64. The number of methoxy groups -OCH3 is 2. The largest absolute Gasteiger partial charge is 0.502 e. The molecule has 0 saturated carbocycles. The SMILES string of the molecule is COCc1cc(=O)c(O)c([C@H](CC(=O)OC)c2ccc(-c3ccc(C(=O)O)cc3)o2)o1. The maximum Gasteiger partial charge on any atom is 0.335 e. The van der Waals surface area contributed by atoms with Crippen LogP contribution in [0, 0.1) is 0 Å². The molecular weight excluding hydrogens is 408 g/mol. The third-order valence-corrected chi connectivity index (χ3v) is 4.59. The number of carbonyl (C=O) groups excluding carboxylic acids is 1. The molecule has 2 heterocycles. The fourth-order valence-electron chi connectivity index (χ4n) is 3.05. The molecule has 3 rings (SSSR count). The second-order valence-corrected chi connectivity index (χ2v) is 6.64. The fraction of sp³-hybridized carbons (Fsp3) is 0.227. The van der Waals surface area contributed by atoms with Crippen LogP contribution in [0.3, 0.4) is 0 Å². The van der Waals surface area contributed by atoms with Gasteiger partial charge in [0, 0.05) is 18.7 Å². The van der Waals surface area contributed by atoms with Gasteiger partial charge in [0.15, 0.2) is 5.76 Å². The van der Waals surface area contributed by atoms with Crippen molar-refractivity contribution < 1.29 is 38.1 Å². The van der Waals surface area contributed by atoms with Crippen molar-refractivity contribution in [2.24, 2.45) is 0 Å². The van der Waals surface area contributed by atoms with Crippen LogP contribution in [0.4, 0.5) is 0 Å². The van der Waals surface area contributed by atoms with Crippen molar-refractivity contribution in [3.8, 4) is 17.1 Å². The van der Waals surface area contributed by atoms with E-state index in [9.17, 15) is 19.5 Å². The number of aromatic hydroxyl groups is 1. The first-order chi connectivity index (χ1) is 14.8.